The van der Waals surface area contributed by atoms with Crippen molar-refractivity contribution in [3.05, 3.63) is 63.3 Å². The number of rotatable bonds is 4. The molecule has 2 atom stereocenters. The summed E-state index contributed by atoms with van der Waals surface area (Å²) in [6, 6.07) is 3.38. The molecule has 2 N–H and O–H groups in total. The molecule has 0 unspecified atom stereocenters. The summed E-state index contributed by atoms with van der Waals surface area (Å²) in [4.78, 5) is 30.9. The van der Waals surface area contributed by atoms with Crippen LogP contribution in [0.5, 0.6) is 0 Å². The molecular formula is C25H28F4N4O3. The fourth-order valence-corrected chi connectivity index (χ4v) is 4.63. The number of nitrogens with zero attached hydrogens (tertiary/aromatic N) is 2. The number of hydrogen-bond acceptors (Lipinski definition) is 5. The van der Waals surface area contributed by atoms with Crippen LogP contribution >= 0.6 is 0 Å². The largest absolute Gasteiger partial charge is 0.417 e. The van der Waals surface area contributed by atoms with Gasteiger partial charge in [-0.2, -0.15) is 13.2 Å². The average molecular weight is 509 g/mol. The van der Waals surface area contributed by atoms with Crippen molar-refractivity contribution in [1.82, 2.24) is 9.88 Å². The first-order valence-electron chi connectivity index (χ1n) is 11.6. The lowest BCUT2D eigenvalue weighted by atomic mass is 9.98. The molecular weight excluding hydrogens is 480 g/mol. The van der Waals surface area contributed by atoms with Gasteiger partial charge in [0.05, 0.1) is 35.7 Å². The number of alkyl halides is 3. The van der Waals surface area contributed by atoms with E-state index in [0.717, 1.165) is 6.20 Å². The van der Waals surface area contributed by atoms with Gasteiger partial charge in [-0.1, -0.05) is 6.08 Å². The highest BCUT2D eigenvalue weighted by Crippen LogP contribution is 2.37. The summed E-state index contributed by atoms with van der Waals surface area (Å²) in [5.41, 5.74) is -1.54. The van der Waals surface area contributed by atoms with Crippen LogP contribution in [0.25, 0.3) is 5.57 Å². The molecule has 1 amide bonds. The summed E-state index contributed by atoms with van der Waals surface area (Å²) in [5.74, 6) is -1.55. The summed E-state index contributed by atoms with van der Waals surface area (Å²) in [5, 5.41) is 2.56. The molecule has 1 aromatic carbocycles. The highest BCUT2D eigenvalue weighted by Gasteiger charge is 2.36. The molecule has 11 heteroatoms. The number of aromatic nitrogens is 1. The van der Waals surface area contributed by atoms with Gasteiger partial charge >= 0.3 is 6.18 Å². The van der Waals surface area contributed by atoms with E-state index < -0.39 is 34.6 Å². The van der Waals surface area contributed by atoms with E-state index in [1.54, 1.807) is 6.08 Å². The van der Waals surface area contributed by atoms with Gasteiger partial charge in [-0.3, -0.25) is 14.5 Å². The molecule has 36 heavy (non-hydrogen) atoms. The van der Waals surface area contributed by atoms with Crippen LogP contribution in [0.15, 0.2) is 35.3 Å². The van der Waals surface area contributed by atoms with Crippen molar-refractivity contribution in [2.75, 3.05) is 43.6 Å². The molecule has 3 heterocycles. The van der Waals surface area contributed by atoms with Gasteiger partial charge < -0.3 is 19.9 Å². The maximum atomic E-state index is 15.3. The van der Waals surface area contributed by atoms with Gasteiger partial charge in [0.15, 0.2) is 0 Å². The number of H-pyrrole nitrogens is 1. The van der Waals surface area contributed by atoms with Crippen LogP contribution in [0.3, 0.4) is 0 Å². The summed E-state index contributed by atoms with van der Waals surface area (Å²) < 4.78 is 61.3. The number of carbonyl (C=O) groups excluding carboxylic acids is 1. The van der Waals surface area contributed by atoms with Gasteiger partial charge in [0.25, 0.3) is 5.91 Å². The third kappa shape index (κ3) is 5.31. The van der Waals surface area contributed by atoms with Crippen molar-refractivity contribution in [2.45, 2.75) is 38.5 Å². The molecule has 1 fully saturated rings. The molecule has 1 saturated heterocycles. The predicted octanol–water partition coefficient (Wildman–Crippen LogP) is 4.12. The van der Waals surface area contributed by atoms with Crippen LogP contribution in [-0.4, -0.2) is 61.2 Å². The van der Waals surface area contributed by atoms with Gasteiger partial charge in [-0.25, -0.2) is 4.39 Å². The SMILES string of the molecule is C[C@@H]1CN(c2cc(F)c(C3=CCOCC3)cc2NC(=O)c2c[nH]c(=O)cc2C(F)(F)F)C[C@H](C)N1C. The van der Waals surface area contributed by atoms with Crippen molar-refractivity contribution in [1.29, 1.82) is 0 Å². The van der Waals surface area contributed by atoms with Crippen LogP contribution < -0.4 is 15.8 Å². The minimum atomic E-state index is -4.91. The number of benzene rings is 1. The van der Waals surface area contributed by atoms with E-state index in [9.17, 15) is 22.8 Å². The molecule has 0 aliphatic carbocycles. The van der Waals surface area contributed by atoms with E-state index in [1.807, 2.05) is 25.8 Å². The molecule has 4 rings (SSSR count). The molecule has 2 aliphatic rings. The number of amides is 1. The van der Waals surface area contributed by atoms with Crippen LogP contribution in [0, 0.1) is 5.82 Å². The quantitative estimate of drug-likeness (QED) is 0.608. The summed E-state index contributed by atoms with van der Waals surface area (Å²) in [6.45, 7) is 5.84. The Bertz CT molecular complexity index is 1230. The Hall–Kier alpha value is -3.18. The first kappa shape index (κ1) is 25.9. The second-order valence-corrected chi connectivity index (χ2v) is 9.25. The van der Waals surface area contributed by atoms with E-state index in [-0.39, 0.29) is 23.3 Å². The maximum absolute atomic E-state index is 15.3. The Morgan fingerprint density at radius 2 is 1.86 bits per heavy atom. The molecule has 0 saturated carbocycles. The fraction of sp³-hybridized carbons (Fsp3) is 0.440. The van der Waals surface area contributed by atoms with Crippen molar-refractivity contribution in [3.8, 4) is 0 Å². The van der Waals surface area contributed by atoms with Crippen LogP contribution in [0.2, 0.25) is 0 Å². The highest BCUT2D eigenvalue weighted by atomic mass is 19.4. The molecule has 2 aliphatic heterocycles. The minimum absolute atomic E-state index is 0.120. The van der Waals surface area contributed by atoms with Gasteiger partial charge in [0.1, 0.15) is 5.82 Å². The third-order valence-corrected chi connectivity index (χ3v) is 6.82. The Balaban J connectivity index is 1.78. The summed E-state index contributed by atoms with van der Waals surface area (Å²) in [7, 11) is 1.99. The first-order valence-corrected chi connectivity index (χ1v) is 11.6. The molecule has 0 radical (unpaired) electrons. The number of piperazine rings is 1. The number of hydrogen-bond donors (Lipinski definition) is 2. The first-order chi connectivity index (χ1) is 17.0. The lowest BCUT2D eigenvalue weighted by Crippen LogP contribution is -2.55. The van der Waals surface area contributed by atoms with E-state index in [1.165, 1.54) is 12.1 Å². The Morgan fingerprint density at radius 3 is 2.47 bits per heavy atom. The Morgan fingerprint density at radius 1 is 1.17 bits per heavy atom. The van der Waals surface area contributed by atoms with E-state index in [2.05, 4.69) is 15.2 Å². The van der Waals surface area contributed by atoms with Gasteiger partial charge in [0.2, 0.25) is 5.56 Å². The van der Waals surface area contributed by atoms with Gasteiger partial charge in [-0.05, 0) is 45.0 Å². The molecule has 0 bridgehead atoms. The van der Waals surface area contributed by atoms with Crippen LogP contribution in [0.4, 0.5) is 28.9 Å². The fourth-order valence-electron chi connectivity index (χ4n) is 4.63. The van der Waals surface area contributed by atoms with Crippen molar-refractivity contribution < 1.29 is 27.1 Å². The van der Waals surface area contributed by atoms with Crippen molar-refractivity contribution in [2.24, 2.45) is 0 Å². The van der Waals surface area contributed by atoms with Crippen LogP contribution in [0.1, 0.15) is 41.8 Å². The lowest BCUT2D eigenvalue weighted by Gasteiger charge is -2.44. The van der Waals surface area contributed by atoms with E-state index in [0.29, 0.717) is 50.1 Å². The van der Waals surface area contributed by atoms with Gasteiger partial charge in [0, 0.05) is 43.0 Å². The average Bonchev–Trinajstić information content (AvgIpc) is 2.83. The minimum Gasteiger partial charge on any atom is -0.377 e. The number of likely N-dealkylation sites (N-methyl/N-ethyl adjacent to an activating group) is 1. The normalized spacial score (nSPS) is 21.3. The highest BCUT2D eigenvalue weighted by molar-refractivity contribution is 6.07. The molecule has 1 aromatic heterocycles. The Labute approximate surface area is 205 Å². The number of aromatic amines is 1. The monoisotopic (exact) mass is 508 g/mol. The number of carbonyl (C=O) groups is 1. The Kier molecular flexibility index (Phi) is 7.24. The second kappa shape index (κ2) is 10.1. The third-order valence-electron chi connectivity index (χ3n) is 6.82. The van der Waals surface area contributed by atoms with Crippen molar-refractivity contribution in [3.63, 3.8) is 0 Å². The number of anilines is 2. The van der Waals surface area contributed by atoms with E-state index >= 15 is 4.39 Å². The zero-order valence-corrected chi connectivity index (χ0v) is 20.2. The number of halogens is 4. The second-order valence-electron chi connectivity index (χ2n) is 9.25. The van der Waals surface area contributed by atoms with Crippen LogP contribution in [-0.2, 0) is 10.9 Å². The molecule has 2 aromatic rings. The standard InChI is InChI=1S/C25H28F4N4O3/c1-14-12-33(13-15(2)32(14)3)22-10-20(26)17(16-4-6-36-7-5-16)8-21(22)31-24(35)18-11-30-23(34)9-19(18)25(27,28)29/h4,8-11,14-15H,5-7,12-13H2,1-3H3,(H,30,34)(H,31,35)/t14-,15+. The topological polar surface area (TPSA) is 77.7 Å². The van der Waals surface area contributed by atoms with Gasteiger partial charge in [-0.15, -0.1) is 0 Å². The smallest absolute Gasteiger partial charge is 0.377 e. The molecule has 7 nitrogen and oxygen atoms in total. The number of pyridine rings is 1. The van der Waals surface area contributed by atoms with Crippen molar-refractivity contribution >= 4 is 22.9 Å². The maximum Gasteiger partial charge on any atom is 0.417 e. The summed E-state index contributed by atoms with van der Waals surface area (Å²) >= 11 is 0. The van der Waals surface area contributed by atoms with E-state index in [4.69, 9.17) is 4.74 Å². The number of nitrogens with one attached hydrogen (secondary N) is 2. The predicted molar refractivity (Wildman–Crippen MR) is 129 cm³/mol. The number of ether oxygens (including phenoxy) is 1. The lowest BCUT2D eigenvalue weighted by molar-refractivity contribution is -0.138. The summed E-state index contributed by atoms with van der Waals surface area (Å²) in [6.07, 6.45) is -1.96. The molecule has 194 valence electrons. The zero-order valence-electron chi connectivity index (χ0n) is 20.2. The zero-order chi connectivity index (χ0) is 26.2. The molecule has 0 spiro atoms.